The number of thiazole rings is 1. The van der Waals surface area contributed by atoms with E-state index in [4.69, 9.17) is 13.9 Å². The standard InChI is InChI=1S/C22H20N4O6S/c27-19(25-5-7-26(8-6-25)21(29)17-2-1-9-30-17)11-15-12-33-22(23-15)24-20(28)14-3-4-16-18(10-14)32-13-31-16/h1-4,9-10,12H,5-8,11,13H2,(H,23,24,28). The van der Waals surface area contributed by atoms with E-state index in [-0.39, 0.29) is 30.9 Å². The number of carbonyl (C=O) groups excluding carboxylic acids is 3. The summed E-state index contributed by atoms with van der Waals surface area (Å²) in [5.74, 6) is 0.866. The second-order valence-corrected chi connectivity index (χ2v) is 8.35. The summed E-state index contributed by atoms with van der Waals surface area (Å²) in [4.78, 5) is 45.3. The van der Waals surface area contributed by atoms with Crippen LogP contribution in [0, 0.1) is 0 Å². The number of nitrogens with zero attached hydrogens (tertiary/aromatic N) is 3. The summed E-state index contributed by atoms with van der Waals surface area (Å²) in [7, 11) is 0. The van der Waals surface area contributed by atoms with Gasteiger partial charge in [0.15, 0.2) is 22.4 Å². The molecule has 0 aliphatic carbocycles. The van der Waals surface area contributed by atoms with Gasteiger partial charge in [0.2, 0.25) is 12.7 Å². The lowest BCUT2D eigenvalue weighted by molar-refractivity contribution is -0.132. The lowest BCUT2D eigenvalue weighted by Crippen LogP contribution is -2.50. The van der Waals surface area contributed by atoms with Gasteiger partial charge in [-0.15, -0.1) is 11.3 Å². The van der Waals surface area contributed by atoms with Crippen LogP contribution in [0.3, 0.4) is 0 Å². The topological polar surface area (TPSA) is 114 Å². The maximum atomic E-state index is 12.7. The van der Waals surface area contributed by atoms with E-state index in [1.165, 1.54) is 17.6 Å². The second-order valence-electron chi connectivity index (χ2n) is 7.49. The molecule has 1 fully saturated rings. The molecule has 3 aromatic rings. The quantitative estimate of drug-likeness (QED) is 0.611. The summed E-state index contributed by atoms with van der Waals surface area (Å²) in [6.45, 7) is 1.92. The van der Waals surface area contributed by atoms with E-state index >= 15 is 0 Å². The molecule has 1 N–H and O–H groups in total. The predicted octanol–water partition coefficient (Wildman–Crippen LogP) is 2.24. The molecule has 1 saturated heterocycles. The Morgan fingerprint density at radius 1 is 1.03 bits per heavy atom. The van der Waals surface area contributed by atoms with Gasteiger partial charge in [-0.3, -0.25) is 19.7 Å². The normalized spacial score (nSPS) is 14.9. The highest BCUT2D eigenvalue weighted by Gasteiger charge is 2.26. The fourth-order valence-electron chi connectivity index (χ4n) is 3.63. The molecule has 2 aliphatic rings. The van der Waals surface area contributed by atoms with Crippen molar-refractivity contribution in [1.29, 1.82) is 0 Å². The number of aromatic nitrogens is 1. The molecule has 11 heteroatoms. The maximum Gasteiger partial charge on any atom is 0.289 e. The Kier molecular flexibility index (Phi) is 5.69. The van der Waals surface area contributed by atoms with Gasteiger partial charge in [0.05, 0.1) is 18.4 Å². The first-order valence-corrected chi connectivity index (χ1v) is 11.2. The lowest BCUT2D eigenvalue weighted by Gasteiger charge is -2.34. The second kappa shape index (κ2) is 8.94. The van der Waals surface area contributed by atoms with Gasteiger partial charge in [0, 0.05) is 37.1 Å². The fourth-order valence-corrected chi connectivity index (χ4v) is 4.34. The molecule has 0 spiro atoms. The smallest absolute Gasteiger partial charge is 0.289 e. The zero-order chi connectivity index (χ0) is 22.8. The Labute approximate surface area is 192 Å². The molecule has 170 valence electrons. The summed E-state index contributed by atoms with van der Waals surface area (Å²) in [6.07, 6.45) is 1.59. The van der Waals surface area contributed by atoms with Crippen LogP contribution in [-0.4, -0.2) is 65.5 Å². The molecule has 2 aliphatic heterocycles. The zero-order valence-corrected chi connectivity index (χ0v) is 18.3. The van der Waals surface area contributed by atoms with Crippen molar-refractivity contribution in [3.8, 4) is 11.5 Å². The first-order chi connectivity index (χ1) is 16.1. The monoisotopic (exact) mass is 468 g/mol. The van der Waals surface area contributed by atoms with Crippen LogP contribution in [0.2, 0.25) is 0 Å². The average Bonchev–Trinajstić information content (AvgIpc) is 3.60. The first-order valence-electron chi connectivity index (χ1n) is 10.3. The molecule has 3 amide bonds. The highest BCUT2D eigenvalue weighted by Crippen LogP contribution is 2.32. The average molecular weight is 468 g/mol. The number of fused-ring (bicyclic) bond motifs is 1. The van der Waals surface area contributed by atoms with Crippen molar-refractivity contribution in [3.05, 3.63) is 59.0 Å². The number of nitrogens with one attached hydrogen (secondary N) is 1. The molecule has 5 rings (SSSR count). The number of amides is 3. The van der Waals surface area contributed by atoms with Crippen LogP contribution >= 0.6 is 11.3 Å². The predicted molar refractivity (Wildman–Crippen MR) is 118 cm³/mol. The van der Waals surface area contributed by atoms with Crippen molar-refractivity contribution in [1.82, 2.24) is 14.8 Å². The third-order valence-corrected chi connectivity index (χ3v) is 6.20. The van der Waals surface area contributed by atoms with Crippen molar-refractivity contribution < 1.29 is 28.3 Å². The molecule has 33 heavy (non-hydrogen) atoms. The minimum absolute atomic E-state index is 0.0703. The van der Waals surface area contributed by atoms with E-state index in [0.717, 1.165) is 0 Å². The van der Waals surface area contributed by atoms with Gasteiger partial charge in [-0.1, -0.05) is 0 Å². The molecule has 0 saturated carbocycles. The molecule has 4 heterocycles. The van der Waals surface area contributed by atoms with Crippen molar-refractivity contribution in [3.63, 3.8) is 0 Å². The van der Waals surface area contributed by atoms with Crippen molar-refractivity contribution >= 4 is 34.2 Å². The maximum absolute atomic E-state index is 12.7. The number of furan rings is 1. The highest BCUT2D eigenvalue weighted by atomic mass is 32.1. The Hall–Kier alpha value is -3.86. The van der Waals surface area contributed by atoms with Crippen LogP contribution in [-0.2, 0) is 11.2 Å². The van der Waals surface area contributed by atoms with Crippen LogP contribution in [0.1, 0.15) is 26.6 Å². The number of hydrogen-bond acceptors (Lipinski definition) is 8. The van der Waals surface area contributed by atoms with Gasteiger partial charge in [-0.25, -0.2) is 4.98 Å². The van der Waals surface area contributed by atoms with Crippen LogP contribution in [0.4, 0.5) is 5.13 Å². The van der Waals surface area contributed by atoms with Gasteiger partial charge in [-0.05, 0) is 30.3 Å². The van der Waals surface area contributed by atoms with Gasteiger partial charge in [0.1, 0.15) is 0 Å². The molecule has 0 bridgehead atoms. The molecule has 1 aromatic carbocycles. The Balaban J connectivity index is 1.13. The van der Waals surface area contributed by atoms with Crippen molar-refractivity contribution in [2.45, 2.75) is 6.42 Å². The van der Waals surface area contributed by atoms with Crippen LogP contribution < -0.4 is 14.8 Å². The van der Waals surface area contributed by atoms with Crippen LogP contribution in [0.15, 0.2) is 46.4 Å². The fraction of sp³-hybridized carbons (Fsp3) is 0.273. The number of piperazine rings is 1. The summed E-state index contributed by atoms with van der Waals surface area (Å²) in [5.41, 5.74) is 1.01. The van der Waals surface area contributed by atoms with Gasteiger partial charge < -0.3 is 23.7 Å². The van der Waals surface area contributed by atoms with Crippen LogP contribution in [0.5, 0.6) is 11.5 Å². The molecular weight excluding hydrogens is 448 g/mol. The Morgan fingerprint density at radius 2 is 1.82 bits per heavy atom. The third kappa shape index (κ3) is 4.53. The van der Waals surface area contributed by atoms with E-state index < -0.39 is 0 Å². The number of ether oxygens (including phenoxy) is 2. The number of benzene rings is 1. The van der Waals surface area contributed by atoms with E-state index in [1.54, 1.807) is 45.5 Å². The molecule has 0 radical (unpaired) electrons. The zero-order valence-electron chi connectivity index (χ0n) is 17.5. The molecule has 10 nitrogen and oxygen atoms in total. The summed E-state index contributed by atoms with van der Waals surface area (Å²) in [6, 6.07) is 8.26. The minimum Gasteiger partial charge on any atom is -0.459 e. The van der Waals surface area contributed by atoms with Crippen molar-refractivity contribution in [2.24, 2.45) is 0 Å². The SMILES string of the molecule is O=C(Nc1nc(CC(=O)N2CCN(C(=O)c3ccco3)CC2)cs1)c1ccc2c(c1)OCO2. The van der Waals surface area contributed by atoms with Gasteiger partial charge >= 0.3 is 0 Å². The number of carbonyl (C=O) groups is 3. The summed E-state index contributed by atoms with van der Waals surface area (Å²) >= 11 is 1.26. The third-order valence-electron chi connectivity index (χ3n) is 5.39. The van der Waals surface area contributed by atoms with E-state index in [1.807, 2.05) is 0 Å². The van der Waals surface area contributed by atoms with E-state index in [2.05, 4.69) is 10.3 Å². The van der Waals surface area contributed by atoms with E-state index in [9.17, 15) is 14.4 Å². The van der Waals surface area contributed by atoms with E-state index in [0.29, 0.717) is 59.8 Å². The Bertz CT molecular complexity index is 1180. The molecule has 2 aromatic heterocycles. The minimum atomic E-state index is -0.321. The first kappa shape index (κ1) is 21.0. The van der Waals surface area contributed by atoms with Crippen LogP contribution in [0.25, 0.3) is 0 Å². The molecule has 0 unspecified atom stereocenters. The molecule has 0 atom stereocenters. The highest BCUT2D eigenvalue weighted by molar-refractivity contribution is 7.14. The number of hydrogen-bond donors (Lipinski definition) is 1. The van der Waals surface area contributed by atoms with Crippen molar-refractivity contribution in [2.75, 3.05) is 38.3 Å². The largest absolute Gasteiger partial charge is 0.459 e. The molecular formula is C22H20N4O6S. The number of anilines is 1. The Morgan fingerprint density at radius 3 is 2.61 bits per heavy atom. The lowest BCUT2D eigenvalue weighted by atomic mass is 10.2. The van der Waals surface area contributed by atoms with Gasteiger partial charge in [0.25, 0.3) is 11.8 Å². The summed E-state index contributed by atoms with van der Waals surface area (Å²) in [5, 5.41) is 4.91. The number of rotatable bonds is 5. The van der Waals surface area contributed by atoms with Gasteiger partial charge in [-0.2, -0.15) is 0 Å². The summed E-state index contributed by atoms with van der Waals surface area (Å²) < 4.78 is 15.7.